The van der Waals surface area contributed by atoms with E-state index in [1.165, 1.54) is 6.20 Å². The summed E-state index contributed by atoms with van der Waals surface area (Å²) in [5.74, 6) is 0.478. The minimum Gasteiger partial charge on any atom is -0.373 e. The molecule has 0 unspecified atom stereocenters. The quantitative estimate of drug-likeness (QED) is 0.762. The molecule has 3 N–H and O–H groups in total. The average molecular weight is 264 g/mol. The van der Waals surface area contributed by atoms with Crippen LogP contribution in [0.15, 0.2) is 28.5 Å². The number of amides is 1. The molecule has 0 aliphatic carbocycles. The van der Waals surface area contributed by atoms with Gasteiger partial charge in [-0.1, -0.05) is 11.3 Å². The van der Waals surface area contributed by atoms with E-state index >= 15 is 0 Å². The van der Waals surface area contributed by atoms with Crippen molar-refractivity contribution in [1.82, 2.24) is 15.3 Å². The molecule has 0 aliphatic rings. The van der Waals surface area contributed by atoms with Crippen molar-refractivity contribution < 1.29 is 4.79 Å². The minimum absolute atomic E-state index is 0.126. The van der Waals surface area contributed by atoms with Crippen LogP contribution in [0.3, 0.4) is 0 Å². The number of aromatic amines is 1. The second-order valence-corrected chi connectivity index (χ2v) is 4.38. The Kier molecular flexibility index (Phi) is 3.73. The van der Waals surface area contributed by atoms with E-state index in [0.717, 1.165) is 11.3 Å². The summed E-state index contributed by atoms with van der Waals surface area (Å²) in [6, 6.07) is 3.41. The molecule has 2 aromatic rings. The Morgan fingerprint density at radius 1 is 1.50 bits per heavy atom. The van der Waals surface area contributed by atoms with Crippen LogP contribution in [0.1, 0.15) is 16.1 Å². The molecular weight excluding hydrogens is 252 g/mol. The lowest BCUT2D eigenvalue weighted by Gasteiger charge is -2.04. The molecule has 0 atom stereocenters. The SMILES string of the molecule is CNc1ccc(C(=O)NCc2csc(=O)[nH]2)cn1. The van der Waals surface area contributed by atoms with Gasteiger partial charge in [0.15, 0.2) is 0 Å². The Morgan fingerprint density at radius 3 is 2.89 bits per heavy atom. The number of nitrogens with zero attached hydrogens (tertiary/aromatic N) is 1. The number of hydrogen-bond acceptors (Lipinski definition) is 5. The zero-order valence-electron chi connectivity index (χ0n) is 9.69. The Hall–Kier alpha value is -2.15. The molecule has 18 heavy (non-hydrogen) atoms. The van der Waals surface area contributed by atoms with Gasteiger partial charge in [-0.25, -0.2) is 4.98 Å². The van der Waals surface area contributed by atoms with E-state index in [1.54, 1.807) is 24.6 Å². The van der Waals surface area contributed by atoms with Crippen LogP contribution in [0.2, 0.25) is 0 Å². The van der Waals surface area contributed by atoms with Crippen molar-refractivity contribution in [1.29, 1.82) is 0 Å². The summed E-state index contributed by atoms with van der Waals surface area (Å²) in [6.45, 7) is 0.297. The largest absolute Gasteiger partial charge is 0.373 e. The number of rotatable bonds is 4. The first kappa shape index (κ1) is 12.3. The van der Waals surface area contributed by atoms with E-state index in [-0.39, 0.29) is 10.8 Å². The molecule has 0 saturated carbocycles. The van der Waals surface area contributed by atoms with Gasteiger partial charge >= 0.3 is 4.87 Å². The lowest BCUT2D eigenvalue weighted by Crippen LogP contribution is -2.23. The summed E-state index contributed by atoms with van der Waals surface area (Å²) in [6.07, 6.45) is 1.50. The van der Waals surface area contributed by atoms with Crippen LogP contribution in [-0.4, -0.2) is 22.9 Å². The number of anilines is 1. The third-order valence-electron chi connectivity index (χ3n) is 2.29. The van der Waals surface area contributed by atoms with Gasteiger partial charge in [0.05, 0.1) is 12.1 Å². The van der Waals surface area contributed by atoms with Gasteiger partial charge in [-0.05, 0) is 12.1 Å². The Bertz CT molecular complexity index is 588. The number of pyridine rings is 1. The van der Waals surface area contributed by atoms with Crippen molar-refractivity contribution in [2.24, 2.45) is 0 Å². The zero-order chi connectivity index (χ0) is 13.0. The van der Waals surface area contributed by atoms with Crippen molar-refractivity contribution in [2.45, 2.75) is 6.54 Å². The highest BCUT2D eigenvalue weighted by Gasteiger charge is 2.06. The fourth-order valence-corrected chi connectivity index (χ4v) is 1.94. The summed E-state index contributed by atoms with van der Waals surface area (Å²) in [5.41, 5.74) is 1.17. The highest BCUT2D eigenvalue weighted by molar-refractivity contribution is 7.07. The lowest BCUT2D eigenvalue weighted by atomic mass is 10.2. The number of hydrogen-bond donors (Lipinski definition) is 3. The fourth-order valence-electron chi connectivity index (χ4n) is 1.35. The number of aromatic nitrogens is 2. The molecule has 0 aromatic carbocycles. The lowest BCUT2D eigenvalue weighted by molar-refractivity contribution is 0.0950. The van der Waals surface area contributed by atoms with Gasteiger partial charge in [-0.3, -0.25) is 9.59 Å². The highest BCUT2D eigenvalue weighted by Crippen LogP contribution is 2.04. The summed E-state index contributed by atoms with van der Waals surface area (Å²) >= 11 is 1.07. The second kappa shape index (κ2) is 5.46. The molecule has 0 fully saturated rings. The van der Waals surface area contributed by atoms with Crippen LogP contribution in [0.5, 0.6) is 0 Å². The van der Waals surface area contributed by atoms with Gasteiger partial charge in [0.2, 0.25) is 0 Å². The molecule has 6 nitrogen and oxygen atoms in total. The van der Waals surface area contributed by atoms with Crippen LogP contribution in [0, 0.1) is 0 Å². The first-order valence-electron chi connectivity index (χ1n) is 5.28. The van der Waals surface area contributed by atoms with E-state index in [1.807, 2.05) is 0 Å². The molecule has 0 bridgehead atoms. The first-order chi connectivity index (χ1) is 8.69. The average Bonchev–Trinajstić information content (AvgIpc) is 2.82. The van der Waals surface area contributed by atoms with Gasteiger partial charge in [0, 0.05) is 24.3 Å². The Labute approximate surface area is 107 Å². The molecule has 7 heteroatoms. The monoisotopic (exact) mass is 264 g/mol. The predicted molar refractivity (Wildman–Crippen MR) is 69.9 cm³/mol. The molecule has 0 saturated heterocycles. The van der Waals surface area contributed by atoms with Crippen LogP contribution < -0.4 is 15.5 Å². The van der Waals surface area contributed by atoms with Crippen molar-refractivity contribution in [3.8, 4) is 0 Å². The fraction of sp³-hybridized carbons (Fsp3) is 0.182. The van der Waals surface area contributed by atoms with Crippen LogP contribution >= 0.6 is 11.3 Å². The van der Waals surface area contributed by atoms with Crippen LogP contribution in [0.25, 0.3) is 0 Å². The molecule has 94 valence electrons. The summed E-state index contributed by atoms with van der Waals surface area (Å²) < 4.78 is 0. The molecule has 2 aromatic heterocycles. The van der Waals surface area contributed by atoms with E-state index in [2.05, 4.69) is 20.6 Å². The number of carbonyl (C=O) groups is 1. The van der Waals surface area contributed by atoms with E-state index in [9.17, 15) is 9.59 Å². The zero-order valence-corrected chi connectivity index (χ0v) is 10.5. The van der Waals surface area contributed by atoms with Gasteiger partial charge in [-0.15, -0.1) is 0 Å². The second-order valence-electron chi connectivity index (χ2n) is 3.54. The molecule has 2 heterocycles. The molecule has 0 aliphatic heterocycles. The number of thiazole rings is 1. The third-order valence-corrected chi connectivity index (χ3v) is 3.01. The first-order valence-corrected chi connectivity index (χ1v) is 6.15. The Morgan fingerprint density at radius 2 is 2.33 bits per heavy atom. The van der Waals surface area contributed by atoms with Crippen molar-refractivity contribution in [3.63, 3.8) is 0 Å². The van der Waals surface area contributed by atoms with Gasteiger partial charge in [0.1, 0.15) is 5.82 Å². The molecule has 2 rings (SSSR count). The highest BCUT2D eigenvalue weighted by atomic mass is 32.1. The van der Waals surface area contributed by atoms with E-state index < -0.39 is 0 Å². The van der Waals surface area contributed by atoms with Crippen LogP contribution in [0.4, 0.5) is 5.82 Å². The normalized spacial score (nSPS) is 10.1. The number of H-pyrrole nitrogens is 1. The summed E-state index contributed by atoms with van der Waals surface area (Å²) in [4.78, 5) is 29.2. The van der Waals surface area contributed by atoms with Crippen molar-refractivity contribution in [3.05, 3.63) is 44.6 Å². The molecular formula is C11H12N4O2S. The van der Waals surface area contributed by atoms with E-state index in [0.29, 0.717) is 23.6 Å². The third kappa shape index (κ3) is 2.95. The molecule has 0 spiro atoms. The summed E-state index contributed by atoms with van der Waals surface area (Å²) in [5, 5.41) is 7.26. The molecule has 1 amide bonds. The van der Waals surface area contributed by atoms with E-state index in [4.69, 9.17) is 0 Å². The van der Waals surface area contributed by atoms with Crippen LogP contribution in [-0.2, 0) is 6.54 Å². The maximum atomic E-state index is 11.8. The number of carbonyl (C=O) groups excluding carboxylic acids is 1. The maximum Gasteiger partial charge on any atom is 0.304 e. The van der Waals surface area contributed by atoms with Gasteiger partial charge in [-0.2, -0.15) is 0 Å². The minimum atomic E-state index is -0.225. The van der Waals surface area contributed by atoms with Crippen molar-refractivity contribution in [2.75, 3.05) is 12.4 Å². The summed E-state index contributed by atoms with van der Waals surface area (Å²) in [7, 11) is 1.76. The smallest absolute Gasteiger partial charge is 0.304 e. The van der Waals surface area contributed by atoms with Crippen molar-refractivity contribution >= 4 is 23.1 Å². The maximum absolute atomic E-state index is 11.8. The van der Waals surface area contributed by atoms with Gasteiger partial charge in [0.25, 0.3) is 5.91 Å². The topological polar surface area (TPSA) is 86.9 Å². The van der Waals surface area contributed by atoms with Gasteiger partial charge < -0.3 is 15.6 Å². The standard InChI is InChI=1S/C11H12N4O2S/c1-12-9-3-2-7(4-13-9)10(16)14-5-8-6-18-11(17)15-8/h2-4,6H,5H2,1H3,(H,12,13)(H,14,16)(H,15,17). The number of nitrogens with one attached hydrogen (secondary N) is 3. The molecule has 0 radical (unpaired) electrons. The predicted octanol–water partition coefficient (Wildman–Crippen LogP) is 0.803. The Balaban J connectivity index is 1.96.